The van der Waals surface area contributed by atoms with Crippen LogP contribution < -0.4 is 5.32 Å². The van der Waals surface area contributed by atoms with Crippen molar-refractivity contribution in [3.05, 3.63) is 88.5 Å². The van der Waals surface area contributed by atoms with Gasteiger partial charge in [0.25, 0.3) is 5.91 Å². The Balaban J connectivity index is 1.62. The van der Waals surface area contributed by atoms with Crippen molar-refractivity contribution in [1.82, 2.24) is 0 Å². The van der Waals surface area contributed by atoms with Crippen LogP contribution in [0.3, 0.4) is 0 Å². The van der Waals surface area contributed by atoms with Gasteiger partial charge in [-0.05, 0) is 96.7 Å². The van der Waals surface area contributed by atoms with Crippen molar-refractivity contribution in [1.29, 1.82) is 0 Å². The second kappa shape index (κ2) is 8.81. The zero-order chi connectivity index (χ0) is 22.9. The number of hydrogen-bond donors (Lipinski definition) is 1. The van der Waals surface area contributed by atoms with Gasteiger partial charge in [-0.2, -0.15) is 13.2 Å². The fourth-order valence-corrected chi connectivity index (χ4v) is 4.39. The Morgan fingerprint density at radius 3 is 2.31 bits per heavy atom. The molecular formula is C27H26F3NO. The van der Waals surface area contributed by atoms with E-state index in [9.17, 15) is 18.0 Å². The second-order valence-corrected chi connectivity index (χ2v) is 8.69. The third-order valence-electron chi connectivity index (χ3n) is 6.30. The molecule has 0 heterocycles. The highest BCUT2D eigenvalue weighted by molar-refractivity contribution is 6.09. The zero-order valence-electron chi connectivity index (χ0n) is 18.2. The topological polar surface area (TPSA) is 29.1 Å². The van der Waals surface area contributed by atoms with Crippen LogP contribution in [0.2, 0.25) is 0 Å². The molecule has 4 rings (SSSR count). The summed E-state index contributed by atoms with van der Waals surface area (Å²) in [6.45, 7) is 4.13. The van der Waals surface area contributed by atoms with Crippen LogP contribution in [-0.4, -0.2) is 5.91 Å². The van der Waals surface area contributed by atoms with Gasteiger partial charge in [0.15, 0.2) is 0 Å². The summed E-state index contributed by atoms with van der Waals surface area (Å²) >= 11 is 0. The molecule has 0 bridgehead atoms. The number of anilines is 1. The van der Waals surface area contributed by atoms with Gasteiger partial charge in [-0.15, -0.1) is 0 Å². The predicted octanol–water partition coefficient (Wildman–Crippen LogP) is 7.45. The summed E-state index contributed by atoms with van der Waals surface area (Å²) in [6.07, 6.45) is -0.0193. The summed E-state index contributed by atoms with van der Waals surface area (Å²) in [4.78, 5) is 13.2. The number of rotatable bonds is 3. The average molecular weight is 438 g/mol. The maximum atomic E-state index is 13.2. The van der Waals surface area contributed by atoms with Crippen LogP contribution in [0.4, 0.5) is 18.9 Å². The molecule has 3 aromatic carbocycles. The largest absolute Gasteiger partial charge is 0.416 e. The Morgan fingerprint density at radius 1 is 0.938 bits per heavy atom. The smallest absolute Gasteiger partial charge is 0.322 e. The molecule has 1 aliphatic rings. The van der Waals surface area contributed by atoms with Gasteiger partial charge in [-0.1, -0.05) is 37.3 Å². The molecular weight excluding hydrogens is 411 g/mol. The minimum Gasteiger partial charge on any atom is -0.322 e. The normalized spacial score (nSPS) is 16.2. The molecule has 2 nitrogen and oxygen atoms in total. The third kappa shape index (κ3) is 4.72. The van der Waals surface area contributed by atoms with Crippen LogP contribution in [0.25, 0.3) is 11.1 Å². The molecule has 0 aromatic heterocycles. The molecule has 0 radical (unpaired) electrons. The van der Waals surface area contributed by atoms with E-state index in [4.69, 9.17) is 0 Å². The lowest BCUT2D eigenvalue weighted by Crippen LogP contribution is -2.14. The summed E-state index contributed by atoms with van der Waals surface area (Å²) < 4.78 is 38.9. The molecule has 0 aliphatic heterocycles. The minimum absolute atomic E-state index is 0.273. The Kier molecular flexibility index (Phi) is 6.09. The summed E-state index contributed by atoms with van der Waals surface area (Å²) in [5, 5.41) is 2.99. The van der Waals surface area contributed by atoms with Crippen LogP contribution in [0.5, 0.6) is 0 Å². The van der Waals surface area contributed by atoms with Crippen molar-refractivity contribution in [3.8, 4) is 11.1 Å². The van der Waals surface area contributed by atoms with Gasteiger partial charge in [0.2, 0.25) is 0 Å². The van der Waals surface area contributed by atoms with Crippen molar-refractivity contribution in [2.45, 2.75) is 45.7 Å². The lowest BCUT2D eigenvalue weighted by molar-refractivity contribution is -0.137. The van der Waals surface area contributed by atoms with Crippen molar-refractivity contribution >= 4 is 11.6 Å². The monoisotopic (exact) mass is 437 g/mol. The Hall–Kier alpha value is -3.08. The molecule has 0 saturated carbocycles. The first-order valence-corrected chi connectivity index (χ1v) is 10.9. The van der Waals surface area contributed by atoms with E-state index in [0.29, 0.717) is 22.6 Å². The predicted molar refractivity (Wildman–Crippen MR) is 122 cm³/mol. The average Bonchev–Trinajstić information content (AvgIpc) is 2.94. The van der Waals surface area contributed by atoms with Crippen LogP contribution in [0, 0.1) is 12.8 Å². The molecule has 1 unspecified atom stereocenters. The first kappa shape index (κ1) is 22.1. The minimum atomic E-state index is -4.40. The van der Waals surface area contributed by atoms with E-state index in [1.54, 1.807) is 12.1 Å². The fourth-order valence-electron chi connectivity index (χ4n) is 4.39. The second-order valence-electron chi connectivity index (χ2n) is 8.69. The lowest BCUT2D eigenvalue weighted by atomic mass is 9.93. The molecule has 0 spiro atoms. The maximum absolute atomic E-state index is 13.2. The lowest BCUT2D eigenvalue weighted by Gasteiger charge is -2.15. The van der Waals surface area contributed by atoms with E-state index in [1.165, 1.54) is 29.7 Å². The Labute approximate surface area is 186 Å². The quantitative estimate of drug-likeness (QED) is 0.424. The van der Waals surface area contributed by atoms with E-state index in [2.05, 4.69) is 24.4 Å². The number of carbonyl (C=O) groups excluding carboxylic acids is 1. The molecule has 5 heteroatoms. The number of benzene rings is 3. The highest BCUT2D eigenvalue weighted by Gasteiger charge is 2.30. The van der Waals surface area contributed by atoms with E-state index in [1.807, 2.05) is 19.1 Å². The molecule has 1 amide bonds. The molecule has 1 N–H and O–H groups in total. The van der Waals surface area contributed by atoms with Crippen molar-refractivity contribution < 1.29 is 18.0 Å². The van der Waals surface area contributed by atoms with Gasteiger partial charge >= 0.3 is 6.18 Å². The summed E-state index contributed by atoms with van der Waals surface area (Å²) in [6, 6.07) is 16.4. The van der Waals surface area contributed by atoms with E-state index in [0.717, 1.165) is 42.6 Å². The number of fused-ring (bicyclic) bond motifs is 1. The van der Waals surface area contributed by atoms with Gasteiger partial charge in [0.05, 0.1) is 5.56 Å². The van der Waals surface area contributed by atoms with Crippen molar-refractivity contribution in [2.24, 2.45) is 5.92 Å². The molecule has 0 fully saturated rings. The van der Waals surface area contributed by atoms with Crippen LogP contribution in [0.15, 0.2) is 60.7 Å². The number of aryl methyl sites for hydroxylation is 3. The summed E-state index contributed by atoms with van der Waals surface area (Å²) in [7, 11) is 0. The number of alkyl halides is 3. The van der Waals surface area contributed by atoms with Gasteiger partial charge in [-0.25, -0.2) is 0 Å². The summed E-state index contributed by atoms with van der Waals surface area (Å²) in [5.41, 5.74) is 5.14. The molecule has 1 aliphatic carbocycles. The molecule has 3 aromatic rings. The number of halogens is 3. The number of hydrogen-bond acceptors (Lipinski definition) is 1. The Morgan fingerprint density at radius 2 is 1.62 bits per heavy atom. The molecule has 0 saturated heterocycles. The van der Waals surface area contributed by atoms with Gasteiger partial charge < -0.3 is 5.32 Å². The standard InChI is InChI=1S/C27H26F3NO/c1-17-6-8-19-12-15-23(16-21(19)9-7-17)31-26(32)24-5-3-4-18(2)25(24)20-10-13-22(14-11-20)27(28,29)30/h3-5,10-17H,6-9H2,1-2H3,(H,31,32). The number of amides is 1. The van der Waals surface area contributed by atoms with Crippen LogP contribution in [-0.2, 0) is 19.0 Å². The molecule has 166 valence electrons. The fraction of sp³-hybridized carbons (Fsp3) is 0.296. The van der Waals surface area contributed by atoms with Crippen molar-refractivity contribution in [2.75, 3.05) is 5.32 Å². The highest BCUT2D eigenvalue weighted by atomic mass is 19.4. The van der Waals surface area contributed by atoms with E-state index in [-0.39, 0.29) is 5.91 Å². The number of carbonyl (C=O) groups is 1. The zero-order valence-corrected chi connectivity index (χ0v) is 18.2. The van der Waals surface area contributed by atoms with E-state index < -0.39 is 11.7 Å². The third-order valence-corrected chi connectivity index (χ3v) is 6.30. The Bertz CT molecular complexity index is 1130. The van der Waals surface area contributed by atoms with E-state index >= 15 is 0 Å². The molecule has 1 atom stereocenters. The van der Waals surface area contributed by atoms with Gasteiger partial charge in [-0.3, -0.25) is 4.79 Å². The highest BCUT2D eigenvalue weighted by Crippen LogP contribution is 2.34. The van der Waals surface area contributed by atoms with Gasteiger partial charge in [0, 0.05) is 11.3 Å². The first-order valence-electron chi connectivity index (χ1n) is 10.9. The van der Waals surface area contributed by atoms with Crippen molar-refractivity contribution in [3.63, 3.8) is 0 Å². The van der Waals surface area contributed by atoms with Crippen LogP contribution >= 0.6 is 0 Å². The summed E-state index contributed by atoms with van der Waals surface area (Å²) in [5.74, 6) is 0.421. The van der Waals surface area contributed by atoms with Gasteiger partial charge in [0.1, 0.15) is 0 Å². The SMILES string of the molecule is Cc1cccc(C(=O)Nc2ccc3c(c2)CCC(C)CC3)c1-c1ccc(C(F)(F)F)cc1. The first-order chi connectivity index (χ1) is 15.2. The molecule has 32 heavy (non-hydrogen) atoms. The van der Waals surface area contributed by atoms with Crippen LogP contribution in [0.1, 0.15) is 52.4 Å². The number of nitrogens with one attached hydrogen (secondary N) is 1. The maximum Gasteiger partial charge on any atom is 0.416 e.